The van der Waals surface area contributed by atoms with Gasteiger partial charge in [0, 0.05) is 5.02 Å². The molecule has 0 amide bonds. The summed E-state index contributed by atoms with van der Waals surface area (Å²) in [5.41, 5.74) is 0. The Bertz CT molecular complexity index is 822. The predicted molar refractivity (Wildman–Crippen MR) is 84.6 cm³/mol. The first-order valence-corrected chi connectivity index (χ1v) is 10.2. The third-order valence-corrected chi connectivity index (χ3v) is 7.55. The van der Waals surface area contributed by atoms with Crippen molar-refractivity contribution in [2.24, 2.45) is 4.40 Å². The number of benzene rings is 1. The molecule has 0 heterocycles. The highest BCUT2D eigenvalue weighted by Gasteiger charge is 2.48. The van der Waals surface area contributed by atoms with Gasteiger partial charge in [0.2, 0.25) is 0 Å². The largest absolute Gasteiger partial charge is 0.331 e. The summed E-state index contributed by atoms with van der Waals surface area (Å²) in [6.45, 7) is 0. The summed E-state index contributed by atoms with van der Waals surface area (Å²) >= 11 is 5.77. The maximum Gasteiger partial charge on any atom is 0.331 e. The second-order valence-electron chi connectivity index (χ2n) is 5.27. The molecule has 126 valence electrons. The first kappa shape index (κ1) is 18.1. The van der Waals surface area contributed by atoms with Crippen molar-refractivity contribution in [1.82, 2.24) is 4.72 Å². The van der Waals surface area contributed by atoms with E-state index in [2.05, 4.69) is 9.12 Å². The molecule has 23 heavy (non-hydrogen) atoms. The van der Waals surface area contributed by atoms with E-state index in [0.29, 0.717) is 17.9 Å². The summed E-state index contributed by atoms with van der Waals surface area (Å²) in [4.78, 5) is 8.48. The van der Waals surface area contributed by atoms with Gasteiger partial charge in [0.25, 0.3) is 6.08 Å². The van der Waals surface area contributed by atoms with Gasteiger partial charge in [-0.3, -0.25) is 0 Å². The fourth-order valence-corrected chi connectivity index (χ4v) is 6.17. The van der Waals surface area contributed by atoms with Gasteiger partial charge in [0.1, 0.15) is 4.87 Å². The summed E-state index contributed by atoms with van der Waals surface area (Å²) < 4.78 is 54.4. The van der Waals surface area contributed by atoms with Crippen molar-refractivity contribution in [2.75, 3.05) is 0 Å². The molecule has 0 bridgehead atoms. The molecule has 1 aliphatic rings. The third-order valence-electron chi connectivity index (χ3n) is 3.77. The van der Waals surface area contributed by atoms with Gasteiger partial charge in [0.05, 0.1) is 4.90 Å². The van der Waals surface area contributed by atoms with Gasteiger partial charge < -0.3 is 0 Å². The molecule has 1 fully saturated rings. The molecule has 1 aromatic rings. The summed E-state index contributed by atoms with van der Waals surface area (Å²) in [5, 5.41) is 0.368. The maximum absolute atomic E-state index is 13.0. The van der Waals surface area contributed by atoms with Crippen LogP contribution >= 0.6 is 11.6 Å². The van der Waals surface area contributed by atoms with E-state index < -0.39 is 24.9 Å². The Labute approximate surface area is 139 Å². The van der Waals surface area contributed by atoms with Crippen LogP contribution in [-0.4, -0.2) is 27.8 Å². The normalized spacial score (nSPS) is 18.1. The minimum atomic E-state index is -4.44. The van der Waals surface area contributed by atoms with Gasteiger partial charge in [-0.25, -0.2) is 13.2 Å². The minimum Gasteiger partial charge on any atom is -0.222 e. The number of nitrogens with zero attached hydrogens (tertiary/aromatic N) is 1. The first-order valence-electron chi connectivity index (χ1n) is 6.86. The Morgan fingerprint density at radius 2 is 1.61 bits per heavy atom. The van der Waals surface area contributed by atoms with Crippen molar-refractivity contribution >= 4 is 37.7 Å². The van der Waals surface area contributed by atoms with E-state index in [1.54, 1.807) is 0 Å². The molecule has 1 saturated carbocycles. The average molecular weight is 379 g/mol. The van der Waals surface area contributed by atoms with E-state index in [0.717, 1.165) is 12.5 Å². The van der Waals surface area contributed by atoms with E-state index >= 15 is 0 Å². The van der Waals surface area contributed by atoms with Crippen LogP contribution in [0.4, 0.5) is 0 Å². The van der Waals surface area contributed by atoms with Crippen LogP contribution in [0.5, 0.6) is 0 Å². The predicted octanol–water partition coefficient (Wildman–Crippen LogP) is 1.94. The lowest BCUT2D eigenvalue weighted by molar-refractivity contribution is 0.354. The van der Waals surface area contributed by atoms with E-state index in [1.165, 1.54) is 24.3 Å². The molecule has 0 aliphatic heterocycles. The molecule has 1 aliphatic carbocycles. The molecule has 0 atom stereocenters. The molecule has 10 heteroatoms. The van der Waals surface area contributed by atoms with Gasteiger partial charge in [-0.2, -0.15) is 13.1 Å². The van der Waals surface area contributed by atoms with Crippen LogP contribution in [0.2, 0.25) is 5.02 Å². The molecule has 0 radical (unpaired) electrons. The second kappa shape index (κ2) is 6.70. The van der Waals surface area contributed by atoms with Crippen LogP contribution in [0.1, 0.15) is 32.1 Å². The Balaban J connectivity index is 2.53. The highest BCUT2D eigenvalue weighted by atomic mass is 35.5. The Morgan fingerprint density at radius 1 is 1.04 bits per heavy atom. The van der Waals surface area contributed by atoms with E-state index in [1.807, 2.05) is 0 Å². The lowest BCUT2D eigenvalue weighted by Gasteiger charge is -2.36. The third kappa shape index (κ3) is 3.81. The molecule has 7 nitrogen and oxygen atoms in total. The molecular weight excluding hydrogens is 364 g/mol. The second-order valence-corrected chi connectivity index (χ2v) is 9.31. The Morgan fingerprint density at radius 3 is 2.13 bits per heavy atom. The van der Waals surface area contributed by atoms with Crippen LogP contribution in [0.25, 0.3) is 0 Å². The van der Waals surface area contributed by atoms with Crippen molar-refractivity contribution in [3.8, 4) is 0 Å². The Hall–Kier alpha value is -1.25. The summed E-state index contributed by atoms with van der Waals surface area (Å²) in [6, 6.07) is 5.49. The first-order chi connectivity index (χ1) is 10.7. The van der Waals surface area contributed by atoms with Crippen LogP contribution in [0, 0.1) is 0 Å². The topological polar surface area (TPSA) is 110 Å². The number of nitrogens with one attached hydrogen (secondary N) is 1. The number of sulfone groups is 1. The molecule has 0 spiro atoms. The minimum absolute atomic E-state index is 0.0402. The van der Waals surface area contributed by atoms with Crippen LogP contribution in [0.3, 0.4) is 0 Å². The van der Waals surface area contributed by atoms with Gasteiger partial charge in [-0.1, -0.05) is 35.3 Å². The monoisotopic (exact) mass is 378 g/mol. The molecule has 1 aromatic carbocycles. The summed E-state index contributed by atoms with van der Waals surface area (Å²) in [6.07, 6.45) is 3.02. The van der Waals surface area contributed by atoms with Crippen LogP contribution < -0.4 is 4.72 Å². The van der Waals surface area contributed by atoms with Crippen molar-refractivity contribution in [2.45, 2.75) is 41.9 Å². The molecule has 0 aromatic heterocycles. The zero-order valence-electron chi connectivity index (χ0n) is 12.0. The number of hydrogen-bond acceptors (Lipinski definition) is 5. The lowest BCUT2D eigenvalue weighted by Crippen LogP contribution is -2.54. The van der Waals surface area contributed by atoms with Crippen molar-refractivity contribution in [3.63, 3.8) is 0 Å². The Kier molecular flexibility index (Phi) is 5.27. The maximum atomic E-state index is 13.0. The zero-order valence-corrected chi connectivity index (χ0v) is 14.4. The van der Waals surface area contributed by atoms with Gasteiger partial charge in [-0.05, 0) is 37.1 Å². The number of rotatable bonds is 5. The summed E-state index contributed by atoms with van der Waals surface area (Å²) in [7, 11) is -8.47. The molecule has 2 rings (SSSR count). The smallest absolute Gasteiger partial charge is 0.222 e. The van der Waals surface area contributed by atoms with E-state index in [-0.39, 0.29) is 17.7 Å². The average Bonchev–Trinajstić information content (AvgIpc) is 2.48. The number of hydrogen-bond donors (Lipinski definition) is 1. The molecule has 0 unspecified atom stereocenters. The summed E-state index contributed by atoms with van der Waals surface area (Å²) in [5.74, 6) is 0. The highest BCUT2D eigenvalue weighted by Crippen LogP contribution is 2.37. The van der Waals surface area contributed by atoms with Gasteiger partial charge in [0.15, 0.2) is 9.84 Å². The van der Waals surface area contributed by atoms with E-state index in [9.17, 15) is 21.6 Å². The number of halogens is 1. The quantitative estimate of drug-likeness (QED) is 0.622. The number of carbonyl (C=O) groups excluding carboxylic acids is 1. The number of isocyanates is 1. The molecule has 1 N–H and O–H groups in total. The van der Waals surface area contributed by atoms with Crippen LogP contribution in [-0.2, 0) is 24.8 Å². The van der Waals surface area contributed by atoms with Crippen molar-refractivity contribution in [3.05, 3.63) is 29.3 Å². The zero-order chi connectivity index (χ0) is 17.1. The standard InChI is InChI=1S/C13H15ClN2O5S2/c14-11-4-6-12(7-5-11)22(18,19)13(8-2-1-3-9-13)16-23(20,21)15-10-17/h4-7,16H,1-3,8-9H2. The van der Waals surface area contributed by atoms with Crippen LogP contribution in [0.15, 0.2) is 33.6 Å². The fraction of sp³-hybridized carbons (Fsp3) is 0.462. The lowest BCUT2D eigenvalue weighted by atomic mass is 9.95. The van der Waals surface area contributed by atoms with Gasteiger partial charge >= 0.3 is 10.2 Å². The van der Waals surface area contributed by atoms with Crippen molar-refractivity contribution < 1.29 is 21.6 Å². The fourth-order valence-electron chi connectivity index (χ4n) is 2.69. The van der Waals surface area contributed by atoms with Gasteiger partial charge in [-0.15, -0.1) is 0 Å². The molecule has 0 saturated heterocycles. The molecular formula is C13H15ClN2O5S2. The van der Waals surface area contributed by atoms with E-state index in [4.69, 9.17) is 11.6 Å². The van der Waals surface area contributed by atoms with Crippen molar-refractivity contribution in [1.29, 1.82) is 0 Å². The SMILES string of the molecule is O=C=NS(=O)(=O)NC1(S(=O)(=O)c2ccc(Cl)cc2)CCCCC1. The highest BCUT2D eigenvalue weighted by molar-refractivity contribution is 7.94.